The van der Waals surface area contributed by atoms with Gasteiger partial charge in [-0.15, -0.1) is 6.58 Å². The van der Waals surface area contributed by atoms with Gasteiger partial charge in [0.15, 0.2) is 0 Å². The molecule has 1 saturated carbocycles. The van der Waals surface area contributed by atoms with Gasteiger partial charge in [-0.3, -0.25) is 0 Å². The van der Waals surface area contributed by atoms with E-state index in [4.69, 9.17) is 10.8 Å². The van der Waals surface area contributed by atoms with Crippen molar-refractivity contribution in [2.24, 2.45) is 17.6 Å². The van der Waals surface area contributed by atoms with Gasteiger partial charge in [-0.25, -0.2) is 0 Å². The largest absolute Gasteiger partial charge is 0.396 e. The molecule has 1 aliphatic rings. The predicted molar refractivity (Wildman–Crippen MR) is 41.5 cm³/mol. The lowest BCUT2D eigenvalue weighted by atomic mass is 10.1. The average Bonchev–Trinajstić information content (AvgIpc) is 2.67. The van der Waals surface area contributed by atoms with Gasteiger partial charge in [-0.1, -0.05) is 6.08 Å². The summed E-state index contributed by atoms with van der Waals surface area (Å²) in [5.74, 6) is 1.20. The van der Waals surface area contributed by atoms with Crippen LogP contribution in [0.1, 0.15) is 12.8 Å². The maximum atomic E-state index is 8.70. The molecule has 0 aromatic heterocycles. The van der Waals surface area contributed by atoms with E-state index in [1.807, 2.05) is 0 Å². The molecule has 2 heteroatoms. The van der Waals surface area contributed by atoms with Crippen LogP contribution in [0.4, 0.5) is 0 Å². The van der Waals surface area contributed by atoms with Crippen molar-refractivity contribution in [3.63, 3.8) is 0 Å². The fourth-order valence-corrected chi connectivity index (χ4v) is 1.27. The molecule has 0 amide bonds. The average molecular weight is 141 g/mol. The third-order valence-corrected chi connectivity index (χ3v) is 2.18. The Kier molecular flexibility index (Phi) is 2.46. The summed E-state index contributed by atoms with van der Waals surface area (Å²) in [6.45, 7) is 3.93. The molecule has 0 saturated heterocycles. The van der Waals surface area contributed by atoms with Gasteiger partial charge in [0, 0.05) is 12.6 Å². The second-order valence-electron chi connectivity index (χ2n) is 3.07. The first-order chi connectivity index (χ1) is 4.77. The monoisotopic (exact) mass is 141 g/mol. The summed E-state index contributed by atoms with van der Waals surface area (Å²) in [7, 11) is 0. The van der Waals surface area contributed by atoms with Crippen LogP contribution < -0.4 is 5.73 Å². The summed E-state index contributed by atoms with van der Waals surface area (Å²) in [6.07, 6.45) is 3.92. The van der Waals surface area contributed by atoms with Crippen LogP contribution in [-0.4, -0.2) is 17.8 Å². The smallest absolute Gasteiger partial charge is 0.0462 e. The third-order valence-electron chi connectivity index (χ3n) is 2.18. The van der Waals surface area contributed by atoms with Crippen molar-refractivity contribution in [3.8, 4) is 0 Å². The Bertz CT molecular complexity index is 124. The van der Waals surface area contributed by atoms with Crippen LogP contribution in [0.2, 0.25) is 0 Å². The molecule has 3 atom stereocenters. The van der Waals surface area contributed by atoms with Crippen LogP contribution in [-0.2, 0) is 0 Å². The van der Waals surface area contributed by atoms with Gasteiger partial charge >= 0.3 is 0 Å². The standard InChI is InChI=1S/C8H15NO/c1-2-8(9)4-6-3-7(6)5-10/h2,6-8,10H,1,3-5,9H2/t6-,7-,8+/m0/s1. The highest BCUT2D eigenvalue weighted by atomic mass is 16.3. The molecule has 1 fully saturated rings. The first-order valence-corrected chi connectivity index (χ1v) is 3.77. The molecule has 0 aromatic rings. The molecule has 10 heavy (non-hydrogen) atoms. The molecule has 0 bridgehead atoms. The van der Waals surface area contributed by atoms with Gasteiger partial charge in [-0.2, -0.15) is 0 Å². The van der Waals surface area contributed by atoms with Gasteiger partial charge in [-0.05, 0) is 24.7 Å². The van der Waals surface area contributed by atoms with E-state index in [2.05, 4.69) is 6.58 Å². The lowest BCUT2D eigenvalue weighted by Gasteiger charge is -2.02. The van der Waals surface area contributed by atoms with E-state index in [-0.39, 0.29) is 6.04 Å². The predicted octanol–water partition coefficient (Wildman–Crippen LogP) is 0.518. The minimum Gasteiger partial charge on any atom is -0.396 e. The molecule has 3 N–H and O–H groups in total. The summed E-state index contributed by atoms with van der Waals surface area (Å²) in [4.78, 5) is 0. The maximum absolute atomic E-state index is 8.70. The summed E-state index contributed by atoms with van der Waals surface area (Å²) < 4.78 is 0. The molecule has 0 heterocycles. The third kappa shape index (κ3) is 1.82. The highest BCUT2D eigenvalue weighted by Crippen LogP contribution is 2.41. The fourth-order valence-electron chi connectivity index (χ4n) is 1.27. The zero-order valence-electron chi connectivity index (χ0n) is 6.16. The minimum absolute atomic E-state index is 0.126. The number of nitrogens with two attached hydrogens (primary N) is 1. The highest BCUT2D eigenvalue weighted by Gasteiger charge is 2.36. The maximum Gasteiger partial charge on any atom is 0.0462 e. The van der Waals surface area contributed by atoms with Crippen LogP contribution in [0.25, 0.3) is 0 Å². The molecule has 0 spiro atoms. The van der Waals surface area contributed by atoms with Crippen molar-refractivity contribution in [3.05, 3.63) is 12.7 Å². The molecule has 58 valence electrons. The molecule has 2 nitrogen and oxygen atoms in total. The van der Waals surface area contributed by atoms with Gasteiger partial charge < -0.3 is 10.8 Å². The zero-order chi connectivity index (χ0) is 7.56. The van der Waals surface area contributed by atoms with Crippen molar-refractivity contribution in [1.82, 2.24) is 0 Å². The van der Waals surface area contributed by atoms with Gasteiger partial charge in [0.2, 0.25) is 0 Å². The molecule has 0 radical (unpaired) electrons. The number of aliphatic hydroxyl groups excluding tert-OH is 1. The second-order valence-corrected chi connectivity index (χ2v) is 3.07. The van der Waals surface area contributed by atoms with Crippen LogP contribution in [0.3, 0.4) is 0 Å². The lowest BCUT2D eigenvalue weighted by molar-refractivity contribution is 0.267. The van der Waals surface area contributed by atoms with E-state index in [1.54, 1.807) is 6.08 Å². The summed E-state index contributed by atoms with van der Waals surface area (Å²) in [5, 5.41) is 8.70. The number of hydrogen-bond acceptors (Lipinski definition) is 2. The molecule has 0 unspecified atom stereocenters. The topological polar surface area (TPSA) is 46.2 Å². The molecule has 0 aromatic carbocycles. The lowest BCUT2D eigenvalue weighted by Crippen LogP contribution is -2.17. The van der Waals surface area contributed by atoms with E-state index < -0.39 is 0 Å². The normalized spacial score (nSPS) is 33.4. The number of rotatable bonds is 4. The van der Waals surface area contributed by atoms with Crippen molar-refractivity contribution < 1.29 is 5.11 Å². The van der Waals surface area contributed by atoms with Crippen molar-refractivity contribution in [2.75, 3.05) is 6.61 Å². The zero-order valence-corrected chi connectivity index (χ0v) is 6.16. The first-order valence-electron chi connectivity index (χ1n) is 3.77. The summed E-state index contributed by atoms with van der Waals surface area (Å²) >= 11 is 0. The molecular formula is C8H15NO. The Morgan fingerprint density at radius 3 is 2.80 bits per heavy atom. The summed E-state index contributed by atoms with van der Waals surface area (Å²) in [6, 6.07) is 0.126. The van der Waals surface area contributed by atoms with Crippen LogP contribution in [0, 0.1) is 11.8 Å². The van der Waals surface area contributed by atoms with Gasteiger partial charge in [0.1, 0.15) is 0 Å². The Morgan fingerprint density at radius 2 is 2.40 bits per heavy atom. The van der Waals surface area contributed by atoms with E-state index in [0.29, 0.717) is 18.4 Å². The van der Waals surface area contributed by atoms with E-state index >= 15 is 0 Å². The van der Waals surface area contributed by atoms with E-state index in [0.717, 1.165) is 12.8 Å². The SMILES string of the molecule is C=C[C@@H](N)C[C@@H]1C[C@H]1CO. The minimum atomic E-state index is 0.126. The van der Waals surface area contributed by atoms with Gasteiger partial charge in [0.05, 0.1) is 0 Å². The van der Waals surface area contributed by atoms with Crippen LogP contribution in [0.5, 0.6) is 0 Å². The second kappa shape index (κ2) is 3.17. The van der Waals surface area contributed by atoms with Crippen molar-refractivity contribution in [2.45, 2.75) is 18.9 Å². The number of hydrogen-bond donors (Lipinski definition) is 2. The van der Waals surface area contributed by atoms with E-state index in [1.165, 1.54) is 0 Å². The van der Waals surface area contributed by atoms with Crippen molar-refractivity contribution >= 4 is 0 Å². The van der Waals surface area contributed by atoms with Crippen molar-refractivity contribution in [1.29, 1.82) is 0 Å². The Morgan fingerprint density at radius 1 is 1.70 bits per heavy atom. The number of aliphatic hydroxyl groups is 1. The Hall–Kier alpha value is -0.340. The molecule has 1 rings (SSSR count). The quantitative estimate of drug-likeness (QED) is 0.561. The molecule has 0 aliphatic heterocycles. The summed E-state index contributed by atoms with van der Waals surface area (Å²) in [5.41, 5.74) is 5.63. The molecular weight excluding hydrogens is 126 g/mol. The highest BCUT2D eigenvalue weighted by molar-refractivity contribution is 4.93. The fraction of sp³-hybridized carbons (Fsp3) is 0.750. The molecule has 1 aliphatic carbocycles. The Balaban J connectivity index is 2.11. The van der Waals surface area contributed by atoms with E-state index in [9.17, 15) is 0 Å². The first kappa shape index (κ1) is 7.76. The Labute approximate surface area is 61.7 Å². The van der Waals surface area contributed by atoms with Crippen LogP contribution in [0.15, 0.2) is 12.7 Å². The van der Waals surface area contributed by atoms with Crippen LogP contribution >= 0.6 is 0 Å². The van der Waals surface area contributed by atoms with Gasteiger partial charge in [0.25, 0.3) is 0 Å².